The van der Waals surface area contributed by atoms with Crippen LogP contribution in [0.5, 0.6) is 0 Å². The van der Waals surface area contributed by atoms with Crippen LogP contribution in [-0.4, -0.2) is 15.6 Å². The lowest BCUT2D eigenvalue weighted by atomic mass is 10.0. The van der Waals surface area contributed by atoms with Crippen molar-refractivity contribution in [2.75, 3.05) is 0 Å². The van der Waals surface area contributed by atoms with Gasteiger partial charge in [-0.1, -0.05) is 13.0 Å². The fraction of sp³-hybridized carbons (Fsp3) is 0.400. The van der Waals surface area contributed by atoms with Crippen molar-refractivity contribution in [3.05, 3.63) is 53.6 Å². The van der Waals surface area contributed by atoms with E-state index in [0.717, 1.165) is 24.9 Å². The molecule has 1 aromatic carbocycles. The number of aryl methyl sites for hydroxylation is 1. The van der Waals surface area contributed by atoms with Crippen molar-refractivity contribution in [3.63, 3.8) is 0 Å². The fourth-order valence-electron chi connectivity index (χ4n) is 2.34. The molecule has 0 aliphatic heterocycles. The maximum atomic E-state index is 13.7. The lowest BCUT2D eigenvalue weighted by Gasteiger charge is -2.17. The second-order valence-corrected chi connectivity index (χ2v) is 5.04. The molecule has 1 aromatic heterocycles. The third kappa shape index (κ3) is 4.09. The highest BCUT2D eigenvalue weighted by atomic mass is 19.1. The lowest BCUT2D eigenvalue weighted by Crippen LogP contribution is -2.39. The van der Waals surface area contributed by atoms with Crippen molar-refractivity contribution in [2.45, 2.75) is 38.8 Å². The highest BCUT2D eigenvalue weighted by molar-refractivity contribution is 5.20. The predicted molar refractivity (Wildman–Crippen MR) is 77.4 cm³/mol. The van der Waals surface area contributed by atoms with Gasteiger partial charge in [-0.05, 0) is 24.5 Å². The van der Waals surface area contributed by atoms with E-state index in [1.807, 2.05) is 6.20 Å². The van der Waals surface area contributed by atoms with Crippen molar-refractivity contribution in [3.8, 4) is 0 Å². The van der Waals surface area contributed by atoms with Crippen LogP contribution in [0.25, 0.3) is 0 Å². The molecule has 0 radical (unpaired) electrons. The molecule has 2 rings (SSSR count). The van der Waals surface area contributed by atoms with Crippen LogP contribution in [0.2, 0.25) is 0 Å². The number of nitrogens with one attached hydrogen (secondary N) is 1. The smallest absolute Gasteiger partial charge is 0.129 e. The van der Waals surface area contributed by atoms with E-state index in [2.05, 4.69) is 21.9 Å². The zero-order valence-electron chi connectivity index (χ0n) is 12.0. The lowest BCUT2D eigenvalue weighted by molar-refractivity contribution is 0.482. The summed E-state index contributed by atoms with van der Waals surface area (Å²) in [5.41, 5.74) is 3.12. The van der Waals surface area contributed by atoms with Gasteiger partial charge >= 0.3 is 0 Å². The molecule has 0 saturated heterocycles. The van der Waals surface area contributed by atoms with E-state index in [1.54, 1.807) is 6.20 Å². The van der Waals surface area contributed by atoms with E-state index in [1.165, 1.54) is 12.1 Å². The van der Waals surface area contributed by atoms with Gasteiger partial charge in [-0.25, -0.2) is 13.8 Å². The zero-order valence-corrected chi connectivity index (χ0v) is 12.0. The van der Waals surface area contributed by atoms with Crippen molar-refractivity contribution in [1.82, 2.24) is 15.0 Å². The quantitative estimate of drug-likeness (QED) is 0.608. The number of imidazole rings is 1. The van der Waals surface area contributed by atoms with Crippen LogP contribution in [0.1, 0.15) is 24.7 Å². The van der Waals surface area contributed by atoms with Crippen molar-refractivity contribution >= 4 is 0 Å². The van der Waals surface area contributed by atoms with Gasteiger partial charge in [-0.2, -0.15) is 0 Å². The number of hydrogen-bond donors (Lipinski definition) is 2. The van der Waals surface area contributed by atoms with Gasteiger partial charge in [0.25, 0.3) is 0 Å². The van der Waals surface area contributed by atoms with Gasteiger partial charge in [-0.15, -0.1) is 0 Å². The molecular weight excluding hydrogens is 274 g/mol. The number of hydrazine groups is 1. The van der Waals surface area contributed by atoms with Crippen LogP contribution in [0.15, 0.2) is 30.6 Å². The summed E-state index contributed by atoms with van der Waals surface area (Å²) in [6, 6.07) is 3.43. The van der Waals surface area contributed by atoms with Crippen LogP contribution >= 0.6 is 0 Å². The summed E-state index contributed by atoms with van der Waals surface area (Å²) in [5.74, 6) is 5.34. The Labute approximate surface area is 123 Å². The van der Waals surface area contributed by atoms with Crippen LogP contribution in [0, 0.1) is 11.6 Å². The van der Waals surface area contributed by atoms with E-state index in [0.29, 0.717) is 18.4 Å². The fourth-order valence-corrected chi connectivity index (χ4v) is 2.34. The maximum Gasteiger partial charge on any atom is 0.129 e. The molecule has 0 amide bonds. The Balaban J connectivity index is 2.07. The Morgan fingerprint density at radius 1 is 1.33 bits per heavy atom. The highest BCUT2D eigenvalue weighted by Crippen LogP contribution is 2.13. The van der Waals surface area contributed by atoms with E-state index in [4.69, 9.17) is 5.84 Å². The number of rotatable bonds is 7. The average Bonchev–Trinajstić information content (AvgIpc) is 2.88. The SMILES string of the molecule is CCCn1ccnc1CC(Cc1ccc(F)cc1F)NN. The molecule has 6 heteroatoms. The summed E-state index contributed by atoms with van der Waals surface area (Å²) in [6.07, 6.45) is 5.64. The molecular formula is C15H20F2N4. The summed E-state index contributed by atoms with van der Waals surface area (Å²) >= 11 is 0. The van der Waals surface area contributed by atoms with Crippen LogP contribution in [0.4, 0.5) is 8.78 Å². The number of nitrogens with zero attached hydrogens (tertiary/aromatic N) is 2. The molecule has 0 fully saturated rings. The number of benzene rings is 1. The molecule has 4 nitrogen and oxygen atoms in total. The van der Waals surface area contributed by atoms with Crippen molar-refractivity contribution < 1.29 is 8.78 Å². The van der Waals surface area contributed by atoms with Crippen molar-refractivity contribution in [2.24, 2.45) is 5.84 Å². The minimum atomic E-state index is -0.577. The van der Waals surface area contributed by atoms with Gasteiger partial charge in [0.05, 0.1) is 0 Å². The summed E-state index contributed by atoms with van der Waals surface area (Å²) in [5, 5.41) is 0. The predicted octanol–water partition coefficient (Wildman–Crippen LogP) is 2.19. The molecule has 0 aliphatic carbocycles. The zero-order chi connectivity index (χ0) is 15.2. The molecule has 114 valence electrons. The van der Waals surface area contributed by atoms with E-state index < -0.39 is 11.6 Å². The molecule has 0 spiro atoms. The Morgan fingerprint density at radius 3 is 2.81 bits per heavy atom. The number of aromatic nitrogens is 2. The molecule has 21 heavy (non-hydrogen) atoms. The highest BCUT2D eigenvalue weighted by Gasteiger charge is 2.15. The Bertz CT molecular complexity index is 583. The number of nitrogens with two attached hydrogens (primary N) is 1. The summed E-state index contributed by atoms with van der Waals surface area (Å²) in [7, 11) is 0. The van der Waals surface area contributed by atoms with E-state index >= 15 is 0 Å². The maximum absolute atomic E-state index is 13.7. The summed E-state index contributed by atoms with van der Waals surface area (Å²) < 4.78 is 28.7. The van der Waals surface area contributed by atoms with E-state index in [9.17, 15) is 8.78 Å². The molecule has 2 aromatic rings. The Kier molecular flexibility index (Phi) is 5.41. The van der Waals surface area contributed by atoms with E-state index in [-0.39, 0.29) is 6.04 Å². The first-order chi connectivity index (χ1) is 10.1. The van der Waals surface area contributed by atoms with Crippen LogP contribution in [-0.2, 0) is 19.4 Å². The molecule has 1 unspecified atom stereocenters. The first-order valence-corrected chi connectivity index (χ1v) is 7.04. The minimum Gasteiger partial charge on any atom is -0.335 e. The standard InChI is InChI=1S/C15H20F2N4/c1-2-6-21-7-5-19-15(21)10-13(20-18)8-11-3-4-12(16)9-14(11)17/h3-5,7,9,13,20H,2,6,8,10,18H2,1H3. The second-order valence-electron chi connectivity index (χ2n) is 5.04. The summed E-state index contributed by atoms with van der Waals surface area (Å²) in [4.78, 5) is 4.31. The minimum absolute atomic E-state index is 0.164. The molecule has 0 saturated carbocycles. The van der Waals surface area contributed by atoms with Gasteiger partial charge in [-0.3, -0.25) is 11.3 Å². The number of hydrogen-bond acceptors (Lipinski definition) is 3. The van der Waals surface area contributed by atoms with Crippen LogP contribution < -0.4 is 11.3 Å². The summed E-state index contributed by atoms with van der Waals surface area (Å²) in [6.45, 7) is 2.98. The third-order valence-corrected chi connectivity index (χ3v) is 3.41. The Morgan fingerprint density at radius 2 is 2.14 bits per heavy atom. The first-order valence-electron chi connectivity index (χ1n) is 7.04. The molecule has 1 atom stereocenters. The average molecular weight is 294 g/mol. The molecule has 0 bridgehead atoms. The van der Waals surface area contributed by atoms with Crippen LogP contribution in [0.3, 0.4) is 0 Å². The molecule has 0 aliphatic rings. The second kappa shape index (κ2) is 7.28. The van der Waals surface area contributed by atoms with Gasteiger partial charge < -0.3 is 4.57 Å². The monoisotopic (exact) mass is 294 g/mol. The van der Waals surface area contributed by atoms with Gasteiger partial charge in [0.15, 0.2) is 0 Å². The van der Waals surface area contributed by atoms with Gasteiger partial charge in [0, 0.05) is 37.5 Å². The molecule has 3 N–H and O–H groups in total. The molecule has 1 heterocycles. The van der Waals surface area contributed by atoms with Gasteiger partial charge in [0.2, 0.25) is 0 Å². The normalized spacial score (nSPS) is 12.6. The van der Waals surface area contributed by atoms with Crippen molar-refractivity contribution in [1.29, 1.82) is 0 Å². The van der Waals surface area contributed by atoms with Gasteiger partial charge in [0.1, 0.15) is 17.5 Å². The topological polar surface area (TPSA) is 55.9 Å². The first kappa shape index (κ1) is 15.6. The Hall–Kier alpha value is -1.79. The third-order valence-electron chi connectivity index (χ3n) is 3.41. The largest absolute Gasteiger partial charge is 0.335 e. The number of halogens is 2.